The molecule has 1 unspecified atom stereocenters. The number of carbonyl (C=O) groups excluding carboxylic acids is 1. The second-order valence-corrected chi connectivity index (χ2v) is 6.13. The first-order valence-electron chi connectivity index (χ1n) is 8.05. The molecule has 0 saturated carbocycles. The Hall–Kier alpha value is -3.48. The molecule has 1 atom stereocenters. The van der Waals surface area contributed by atoms with Gasteiger partial charge in [-0.1, -0.05) is 0 Å². The monoisotopic (exact) mass is 391 g/mol. The minimum atomic E-state index is -4.60. The fourth-order valence-electron chi connectivity index (χ4n) is 2.59. The maximum absolute atomic E-state index is 13.7. The quantitative estimate of drug-likeness (QED) is 0.694. The number of aromatic nitrogens is 3. The van der Waals surface area contributed by atoms with E-state index in [0.717, 1.165) is 29.8 Å². The lowest BCUT2D eigenvalue weighted by Gasteiger charge is -2.16. The van der Waals surface area contributed by atoms with Crippen LogP contribution in [-0.2, 0) is 0 Å². The number of benzene rings is 1. The Balaban J connectivity index is 2.11. The smallest absolute Gasteiger partial charge is 0.339 e. The van der Waals surface area contributed by atoms with Crippen molar-refractivity contribution in [3.05, 3.63) is 53.1 Å². The standard InChI is InChI=1S/C18H13F4N5O/c1-9-5-14(13-6-12(19)4-3-11(13)7-23)26-27-15(8-24-16(9)27)17(28)25-10(2)18(20,21)22/h3-6,8,10H,1-2H3,(H,25,28). The second kappa shape index (κ2) is 6.92. The Bertz CT molecular complexity index is 1110. The Morgan fingerprint density at radius 2 is 2.04 bits per heavy atom. The summed E-state index contributed by atoms with van der Waals surface area (Å²) in [5.41, 5.74) is 1.10. The third-order valence-electron chi connectivity index (χ3n) is 4.10. The van der Waals surface area contributed by atoms with Gasteiger partial charge in [-0.15, -0.1) is 0 Å². The maximum Gasteiger partial charge on any atom is 0.408 e. The van der Waals surface area contributed by atoms with Crippen molar-refractivity contribution < 1.29 is 22.4 Å². The van der Waals surface area contributed by atoms with Crippen LogP contribution in [0.4, 0.5) is 17.6 Å². The van der Waals surface area contributed by atoms with Gasteiger partial charge in [-0.05, 0) is 43.7 Å². The molecule has 0 aliphatic carbocycles. The number of carbonyl (C=O) groups is 1. The van der Waals surface area contributed by atoms with E-state index in [4.69, 9.17) is 0 Å². The second-order valence-electron chi connectivity index (χ2n) is 6.13. The van der Waals surface area contributed by atoms with Crippen molar-refractivity contribution in [2.24, 2.45) is 0 Å². The zero-order valence-corrected chi connectivity index (χ0v) is 14.7. The third-order valence-corrected chi connectivity index (χ3v) is 4.10. The maximum atomic E-state index is 13.7. The number of nitrogens with zero attached hydrogens (tertiary/aromatic N) is 4. The zero-order valence-electron chi connectivity index (χ0n) is 14.7. The number of nitrogens with one attached hydrogen (secondary N) is 1. The van der Waals surface area contributed by atoms with E-state index in [1.807, 2.05) is 11.4 Å². The first kappa shape index (κ1) is 19.3. The average Bonchev–Trinajstić information content (AvgIpc) is 3.05. The molecule has 3 aromatic rings. The van der Waals surface area contributed by atoms with Crippen LogP contribution in [0.1, 0.15) is 28.5 Å². The summed E-state index contributed by atoms with van der Waals surface area (Å²) < 4.78 is 52.9. The molecule has 2 heterocycles. The van der Waals surface area contributed by atoms with Crippen LogP contribution < -0.4 is 5.32 Å². The molecule has 144 valence electrons. The summed E-state index contributed by atoms with van der Waals surface area (Å²) in [5, 5.41) is 15.3. The van der Waals surface area contributed by atoms with Crippen molar-refractivity contribution in [2.75, 3.05) is 0 Å². The van der Waals surface area contributed by atoms with Gasteiger partial charge in [-0.2, -0.15) is 23.5 Å². The molecule has 0 aliphatic heterocycles. The summed E-state index contributed by atoms with van der Waals surface area (Å²) in [6.45, 7) is 2.47. The van der Waals surface area contributed by atoms with Gasteiger partial charge in [0.05, 0.1) is 23.5 Å². The first-order valence-corrected chi connectivity index (χ1v) is 8.05. The van der Waals surface area contributed by atoms with E-state index >= 15 is 0 Å². The lowest BCUT2D eigenvalue weighted by atomic mass is 10.0. The third kappa shape index (κ3) is 3.51. The minimum Gasteiger partial charge on any atom is -0.339 e. The topological polar surface area (TPSA) is 83.1 Å². The molecular weight excluding hydrogens is 378 g/mol. The zero-order chi connectivity index (χ0) is 20.6. The molecular formula is C18H13F4N5O. The van der Waals surface area contributed by atoms with Crippen LogP contribution in [-0.4, -0.2) is 32.7 Å². The summed E-state index contributed by atoms with van der Waals surface area (Å²) in [6, 6.07) is 4.95. The molecule has 1 aromatic carbocycles. The van der Waals surface area contributed by atoms with Gasteiger partial charge in [0.25, 0.3) is 5.91 Å². The summed E-state index contributed by atoms with van der Waals surface area (Å²) >= 11 is 0. The van der Waals surface area contributed by atoms with Gasteiger partial charge in [-0.3, -0.25) is 4.79 Å². The molecule has 1 amide bonds. The molecule has 1 N–H and O–H groups in total. The number of hydrogen-bond acceptors (Lipinski definition) is 4. The van der Waals surface area contributed by atoms with Gasteiger partial charge in [-0.25, -0.2) is 13.9 Å². The number of hydrogen-bond donors (Lipinski definition) is 1. The number of rotatable bonds is 3. The van der Waals surface area contributed by atoms with E-state index in [1.54, 1.807) is 13.0 Å². The lowest BCUT2D eigenvalue weighted by molar-refractivity contribution is -0.149. The van der Waals surface area contributed by atoms with Gasteiger partial charge in [0.2, 0.25) is 0 Å². The molecule has 0 aliphatic rings. The molecule has 2 aromatic heterocycles. The molecule has 10 heteroatoms. The number of amides is 1. The largest absolute Gasteiger partial charge is 0.408 e. The van der Waals surface area contributed by atoms with Crippen molar-refractivity contribution in [1.82, 2.24) is 19.9 Å². The van der Waals surface area contributed by atoms with Crippen LogP contribution >= 0.6 is 0 Å². The van der Waals surface area contributed by atoms with Crippen LogP contribution in [0.2, 0.25) is 0 Å². The Morgan fingerprint density at radius 1 is 1.32 bits per heavy atom. The van der Waals surface area contributed by atoms with E-state index in [1.165, 1.54) is 6.07 Å². The van der Waals surface area contributed by atoms with E-state index < -0.39 is 23.9 Å². The number of aryl methyl sites for hydroxylation is 1. The molecule has 0 radical (unpaired) electrons. The predicted molar refractivity (Wildman–Crippen MR) is 90.8 cm³/mol. The summed E-state index contributed by atoms with van der Waals surface area (Å²) in [4.78, 5) is 16.3. The highest BCUT2D eigenvalue weighted by Crippen LogP contribution is 2.25. The van der Waals surface area contributed by atoms with Gasteiger partial charge in [0, 0.05) is 5.56 Å². The van der Waals surface area contributed by atoms with Gasteiger partial charge in [0.15, 0.2) is 11.3 Å². The van der Waals surface area contributed by atoms with Crippen LogP contribution in [0, 0.1) is 24.1 Å². The number of fused-ring (bicyclic) bond motifs is 1. The summed E-state index contributed by atoms with van der Waals surface area (Å²) in [7, 11) is 0. The molecule has 28 heavy (non-hydrogen) atoms. The number of halogens is 4. The Labute approximate surface area is 156 Å². The molecule has 0 spiro atoms. The van der Waals surface area contributed by atoms with Crippen molar-refractivity contribution in [1.29, 1.82) is 5.26 Å². The van der Waals surface area contributed by atoms with Crippen LogP contribution in [0.5, 0.6) is 0 Å². The number of imidazole rings is 1. The summed E-state index contributed by atoms with van der Waals surface area (Å²) in [6.07, 6.45) is -3.50. The molecule has 6 nitrogen and oxygen atoms in total. The minimum absolute atomic E-state index is 0.157. The number of nitriles is 1. The van der Waals surface area contributed by atoms with Crippen LogP contribution in [0.15, 0.2) is 30.5 Å². The highest BCUT2D eigenvalue weighted by atomic mass is 19.4. The highest BCUT2D eigenvalue weighted by Gasteiger charge is 2.37. The SMILES string of the molecule is Cc1cc(-c2cc(F)ccc2C#N)nn2c(C(=O)NC(C)C(F)(F)F)cnc12. The van der Waals surface area contributed by atoms with Crippen molar-refractivity contribution >= 4 is 11.6 Å². The molecule has 3 rings (SSSR count). The molecule has 0 fully saturated rings. The fourth-order valence-corrected chi connectivity index (χ4v) is 2.59. The average molecular weight is 391 g/mol. The summed E-state index contributed by atoms with van der Waals surface area (Å²) in [5.74, 6) is -1.60. The lowest BCUT2D eigenvalue weighted by Crippen LogP contribution is -2.43. The van der Waals surface area contributed by atoms with E-state index in [0.29, 0.717) is 5.56 Å². The molecule has 0 saturated heterocycles. The predicted octanol–water partition coefficient (Wildman–Crippen LogP) is 3.40. The first-order chi connectivity index (χ1) is 13.1. The van der Waals surface area contributed by atoms with Crippen molar-refractivity contribution in [2.45, 2.75) is 26.1 Å². The van der Waals surface area contributed by atoms with Crippen molar-refractivity contribution in [3.63, 3.8) is 0 Å². The van der Waals surface area contributed by atoms with E-state index in [-0.39, 0.29) is 28.2 Å². The van der Waals surface area contributed by atoms with Gasteiger partial charge >= 0.3 is 6.18 Å². The Morgan fingerprint density at radius 3 is 2.68 bits per heavy atom. The van der Waals surface area contributed by atoms with Crippen molar-refractivity contribution in [3.8, 4) is 17.3 Å². The van der Waals surface area contributed by atoms with E-state index in [2.05, 4.69) is 10.1 Å². The van der Waals surface area contributed by atoms with Gasteiger partial charge < -0.3 is 5.32 Å². The Kier molecular flexibility index (Phi) is 4.77. The fraction of sp³-hybridized carbons (Fsp3) is 0.222. The van der Waals surface area contributed by atoms with Crippen LogP contribution in [0.3, 0.4) is 0 Å². The molecule has 0 bridgehead atoms. The van der Waals surface area contributed by atoms with E-state index in [9.17, 15) is 27.6 Å². The highest BCUT2D eigenvalue weighted by molar-refractivity contribution is 5.93. The van der Waals surface area contributed by atoms with Gasteiger partial charge in [0.1, 0.15) is 11.9 Å². The number of alkyl halides is 3. The normalized spacial score (nSPS) is 12.6. The van der Waals surface area contributed by atoms with Crippen LogP contribution in [0.25, 0.3) is 16.9 Å².